The van der Waals surface area contributed by atoms with Crippen LogP contribution in [0, 0.1) is 5.41 Å². The quantitative estimate of drug-likeness (QED) is 0.806. The molecule has 0 aromatic carbocycles. The van der Waals surface area contributed by atoms with Crippen molar-refractivity contribution in [1.29, 1.82) is 0 Å². The lowest BCUT2D eigenvalue weighted by atomic mass is 9.74. The summed E-state index contributed by atoms with van der Waals surface area (Å²) in [6, 6.07) is 1.67. The molecule has 2 nitrogen and oxygen atoms in total. The molecule has 2 fully saturated rings. The third-order valence-electron chi connectivity index (χ3n) is 5.77. The molecule has 1 heterocycles. The second-order valence-corrected chi connectivity index (χ2v) is 6.46. The van der Waals surface area contributed by atoms with Gasteiger partial charge < -0.3 is 10.2 Å². The van der Waals surface area contributed by atoms with Crippen LogP contribution in [0.25, 0.3) is 0 Å². The van der Waals surface area contributed by atoms with Crippen LogP contribution in [0.2, 0.25) is 0 Å². The van der Waals surface area contributed by atoms with Crippen LogP contribution in [-0.2, 0) is 0 Å². The smallest absolute Gasteiger partial charge is 0.0111 e. The first-order valence-electron chi connectivity index (χ1n) is 8.20. The molecule has 1 aliphatic carbocycles. The highest BCUT2D eigenvalue weighted by atomic mass is 15.2. The molecule has 1 saturated heterocycles. The van der Waals surface area contributed by atoms with Crippen molar-refractivity contribution in [2.75, 3.05) is 19.6 Å². The SMILES string of the molecule is CCNC1CCC(N2CCC(CC)(CC)CC2)C1. The Morgan fingerprint density at radius 2 is 1.72 bits per heavy atom. The van der Waals surface area contributed by atoms with E-state index in [4.69, 9.17) is 0 Å². The maximum absolute atomic E-state index is 3.63. The maximum Gasteiger partial charge on any atom is 0.0111 e. The highest BCUT2D eigenvalue weighted by Crippen LogP contribution is 2.39. The Hall–Kier alpha value is -0.0800. The monoisotopic (exact) mass is 252 g/mol. The van der Waals surface area contributed by atoms with Crippen molar-refractivity contribution in [1.82, 2.24) is 10.2 Å². The minimum Gasteiger partial charge on any atom is -0.314 e. The molecule has 0 aromatic heterocycles. The van der Waals surface area contributed by atoms with Gasteiger partial charge in [-0.05, 0) is 57.2 Å². The predicted molar refractivity (Wildman–Crippen MR) is 78.9 cm³/mol. The van der Waals surface area contributed by atoms with Crippen LogP contribution in [-0.4, -0.2) is 36.6 Å². The molecular weight excluding hydrogens is 220 g/mol. The van der Waals surface area contributed by atoms with Crippen molar-refractivity contribution in [3.05, 3.63) is 0 Å². The van der Waals surface area contributed by atoms with E-state index in [1.54, 1.807) is 0 Å². The maximum atomic E-state index is 3.63. The first-order valence-corrected chi connectivity index (χ1v) is 8.20. The molecule has 2 atom stereocenters. The highest BCUT2D eigenvalue weighted by Gasteiger charge is 2.35. The number of nitrogens with zero attached hydrogens (tertiary/aromatic N) is 1. The van der Waals surface area contributed by atoms with Crippen LogP contribution in [0.1, 0.15) is 65.7 Å². The fraction of sp³-hybridized carbons (Fsp3) is 1.00. The summed E-state index contributed by atoms with van der Waals surface area (Å²) in [5.41, 5.74) is 0.677. The molecule has 18 heavy (non-hydrogen) atoms. The van der Waals surface area contributed by atoms with E-state index in [1.165, 1.54) is 58.0 Å². The molecule has 0 aromatic rings. The van der Waals surface area contributed by atoms with Crippen molar-refractivity contribution in [2.45, 2.75) is 77.8 Å². The third-order valence-corrected chi connectivity index (χ3v) is 5.77. The second-order valence-electron chi connectivity index (χ2n) is 6.46. The van der Waals surface area contributed by atoms with Crippen molar-refractivity contribution in [3.8, 4) is 0 Å². The largest absolute Gasteiger partial charge is 0.314 e. The summed E-state index contributed by atoms with van der Waals surface area (Å²) in [5.74, 6) is 0. The van der Waals surface area contributed by atoms with Crippen molar-refractivity contribution >= 4 is 0 Å². The number of piperidine rings is 1. The highest BCUT2D eigenvalue weighted by molar-refractivity contribution is 4.91. The zero-order chi connectivity index (χ0) is 13.0. The van der Waals surface area contributed by atoms with Gasteiger partial charge in [-0.15, -0.1) is 0 Å². The lowest BCUT2D eigenvalue weighted by Gasteiger charge is -2.43. The van der Waals surface area contributed by atoms with E-state index in [9.17, 15) is 0 Å². The molecule has 106 valence electrons. The standard InChI is InChI=1S/C16H32N2/c1-4-16(5-2)9-11-18(12-10-16)15-8-7-14(13-15)17-6-3/h14-15,17H,4-13H2,1-3H3. The van der Waals surface area contributed by atoms with Crippen LogP contribution in [0.4, 0.5) is 0 Å². The van der Waals surface area contributed by atoms with E-state index >= 15 is 0 Å². The number of nitrogens with one attached hydrogen (secondary N) is 1. The Morgan fingerprint density at radius 3 is 2.28 bits per heavy atom. The van der Waals surface area contributed by atoms with Gasteiger partial charge in [0.05, 0.1) is 0 Å². The van der Waals surface area contributed by atoms with E-state index in [-0.39, 0.29) is 0 Å². The van der Waals surface area contributed by atoms with Gasteiger partial charge in [-0.1, -0.05) is 33.6 Å². The van der Waals surface area contributed by atoms with Crippen molar-refractivity contribution in [3.63, 3.8) is 0 Å². The lowest BCUT2D eigenvalue weighted by molar-refractivity contribution is 0.0671. The molecule has 1 aliphatic heterocycles. The molecule has 2 rings (SSSR count). The summed E-state index contributed by atoms with van der Waals surface area (Å²) in [6.45, 7) is 10.8. The Kier molecular flexibility index (Phi) is 5.08. The number of hydrogen-bond acceptors (Lipinski definition) is 2. The zero-order valence-corrected chi connectivity index (χ0v) is 12.7. The fourth-order valence-corrected chi connectivity index (χ4v) is 4.08. The zero-order valence-electron chi connectivity index (χ0n) is 12.7. The van der Waals surface area contributed by atoms with Gasteiger partial charge in [0.15, 0.2) is 0 Å². The summed E-state index contributed by atoms with van der Waals surface area (Å²) in [4.78, 5) is 2.79. The van der Waals surface area contributed by atoms with Crippen LogP contribution in [0.5, 0.6) is 0 Å². The Balaban J connectivity index is 1.80. The minimum atomic E-state index is 0.677. The molecule has 0 spiro atoms. The third kappa shape index (κ3) is 3.08. The normalized spacial score (nSPS) is 32.8. The van der Waals surface area contributed by atoms with Crippen LogP contribution in [0.3, 0.4) is 0 Å². The molecular formula is C16H32N2. The van der Waals surface area contributed by atoms with Gasteiger partial charge in [-0.2, -0.15) is 0 Å². The summed E-state index contributed by atoms with van der Waals surface area (Å²) >= 11 is 0. The molecule has 0 radical (unpaired) electrons. The van der Waals surface area contributed by atoms with Crippen LogP contribution >= 0.6 is 0 Å². The first-order chi connectivity index (χ1) is 8.73. The van der Waals surface area contributed by atoms with Gasteiger partial charge in [0.2, 0.25) is 0 Å². The van der Waals surface area contributed by atoms with Crippen LogP contribution < -0.4 is 5.32 Å². The average molecular weight is 252 g/mol. The van der Waals surface area contributed by atoms with E-state index in [2.05, 4.69) is 31.0 Å². The number of rotatable bonds is 5. The predicted octanol–water partition coefficient (Wildman–Crippen LogP) is 3.42. The van der Waals surface area contributed by atoms with Crippen molar-refractivity contribution in [2.24, 2.45) is 5.41 Å². The molecule has 2 heteroatoms. The summed E-state index contributed by atoms with van der Waals surface area (Å²) in [6.07, 6.45) is 9.82. The number of hydrogen-bond donors (Lipinski definition) is 1. The van der Waals surface area contributed by atoms with Gasteiger partial charge >= 0.3 is 0 Å². The Labute approximate surface area is 114 Å². The van der Waals surface area contributed by atoms with Gasteiger partial charge in [0.25, 0.3) is 0 Å². The summed E-state index contributed by atoms with van der Waals surface area (Å²) in [7, 11) is 0. The fourth-order valence-electron chi connectivity index (χ4n) is 4.08. The number of likely N-dealkylation sites (tertiary alicyclic amines) is 1. The summed E-state index contributed by atoms with van der Waals surface area (Å²) < 4.78 is 0. The molecule has 0 amide bonds. The second kappa shape index (κ2) is 6.38. The minimum absolute atomic E-state index is 0.677. The molecule has 1 saturated carbocycles. The lowest BCUT2D eigenvalue weighted by Crippen LogP contribution is -2.44. The van der Waals surface area contributed by atoms with Gasteiger partial charge in [-0.25, -0.2) is 0 Å². The van der Waals surface area contributed by atoms with E-state index in [1.807, 2.05) is 0 Å². The van der Waals surface area contributed by atoms with Crippen LogP contribution in [0.15, 0.2) is 0 Å². The van der Waals surface area contributed by atoms with E-state index in [0.29, 0.717) is 5.41 Å². The van der Waals surface area contributed by atoms with E-state index < -0.39 is 0 Å². The average Bonchev–Trinajstić information content (AvgIpc) is 2.88. The molecule has 1 N–H and O–H groups in total. The van der Waals surface area contributed by atoms with Gasteiger partial charge in [-0.3, -0.25) is 0 Å². The first kappa shape index (κ1) is 14.3. The van der Waals surface area contributed by atoms with E-state index in [0.717, 1.165) is 18.6 Å². The molecule has 0 bridgehead atoms. The molecule has 2 aliphatic rings. The van der Waals surface area contributed by atoms with Gasteiger partial charge in [0, 0.05) is 12.1 Å². The Morgan fingerprint density at radius 1 is 1.06 bits per heavy atom. The van der Waals surface area contributed by atoms with Crippen molar-refractivity contribution < 1.29 is 0 Å². The summed E-state index contributed by atoms with van der Waals surface area (Å²) in [5, 5.41) is 3.63. The Bertz CT molecular complexity index is 237. The van der Waals surface area contributed by atoms with Gasteiger partial charge in [0.1, 0.15) is 0 Å². The molecule has 2 unspecified atom stereocenters. The topological polar surface area (TPSA) is 15.3 Å².